The number of likely N-dealkylation sites (tertiary alicyclic amines) is 1. The van der Waals surface area contributed by atoms with Crippen molar-refractivity contribution in [2.24, 2.45) is 0 Å². The van der Waals surface area contributed by atoms with Gasteiger partial charge in [0, 0.05) is 32.1 Å². The molecule has 2 N–H and O–H groups in total. The molecule has 6 nitrogen and oxygen atoms in total. The summed E-state index contributed by atoms with van der Waals surface area (Å²) in [6, 6.07) is 18.1. The fourth-order valence-corrected chi connectivity index (χ4v) is 6.48. The molecule has 1 aliphatic carbocycles. The van der Waals surface area contributed by atoms with E-state index in [9.17, 15) is 9.90 Å². The molecular formula is C31H32N3O3SSi. The molecule has 3 heterocycles. The van der Waals surface area contributed by atoms with Crippen LogP contribution < -0.4 is 10.1 Å². The average molecular weight is 555 g/mol. The van der Waals surface area contributed by atoms with E-state index < -0.39 is 11.6 Å². The van der Waals surface area contributed by atoms with Gasteiger partial charge in [0.15, 0.2) is 0 Å². The van der Waals surface area contributed by atoms with Crippen molar-refractivity contribution in [3.63, 3.8) is 0 Å². The van der Waals surface area contributed by atoms with Gasteiger partial charge in [-0.2, -0.15) is 0 Å². The lowest BCUT2D eigenvalue weighted by atomic mass is 9.95. The highest BCUT2D eigenvalue weighted by Crippen LogP contribution is 2.49. The minimum Gasteiger partial charge on any atom is -0.492 e. The lowest BCUT2D eigenvalue weighted by Crippen LogP contribution is -2.61. The first-order valence-electron chi connectivity index (χ1n) is 13.4. The fraction of sp³-hybridized carbons (Fsp3) is 0.355. The summed E-state index contributed by atoms with van der Waals surface area (Å²) in [6.07, 6.45) is 4.05. The number of hydrogen-bond donors (Lipinski definition) is 2. The number of nitrogens with one attached hydrogen (secondary N) is 1. The molecule has 1 unspecified atom stereocenters. The predicted octanol–water partition coefficient (Wildman–Crippen LogP) is 5.32. The minimum atomic E-state index is -0.506. The SMILES string of the molecule is Cc1ccc(OC[C@@]2([Si])CCN2C)cc1C(=O)NC1(c2cc(-c3ccc(C(C)O)s3)cc3ncccc23)CC1. The molecule has 199 valence electrons. The van der Waals surface area contributed by atoms with Crippen LogP contribution in [0.5, 0.6) is 5.75 Å². The van der Waals surface area contributed by atoms with Gasteiger partial charge in [-0.15, -0.1) is 11.3 Å². The summed E-state index contributed by atoms with van der Waals surface area (Å²) in [5.74, 6) is 0.594. The fourth-order valence-electron chi connectivity index (χ4n) is 5.25. The number of likely N-dealkylation sites (N-methyl/N-ethyl adjacent to an activating group) is 1. The number of aliphatic hydroxyl groups excluding tert-OH is 1. The number of hydrogen-bond acceptors (Lipinski definition) is 6. The van der Waals surface area contributed by atoms with E-state index in [-0.39, 0.29) is 11.1 Å². The Hall–Kier alpha value is -3.04. The van der Waals surface area contributed by atoms with Crippen LogP contribution in [-0.2, 0) is 5.54 Å². The van der Waals surface area contributed by atoms with Crippen LogP contribution in [-0.4, -0.2) is 56.5 Å². The van der Waals surface area contributed by atoms with Gasteiger partial charge in [-0.25, -0.2) is 0 Å². The lowest BCUT2D eigenvalue weighted by Gasteiger charge is -2.48. The standard InChI is InChI=1S/C31H32N3O3SSi/c1-19-6-7-22(37-18-31(39)12-14-34(31)3)17-24(19)29(36)33-30(10-11-30)25-15-21(16-26-23(25)5-4-13-32-26)28-9-8-27(38-28)20(2)35/h4-9,13,15-17,20,35H,10-12,14,18H2,1-3H3,(H,33,36)/t20?,31-/m0/s1. The summed E-state index contributed by atoms with van der Waals surface area (Å²) in [7, 11) is 5.91. The molecule has 1 amide bonds. The van der Waals surface area contributed by atoms with E-state index in [2.05, 4.69) is 50.7 Å². The monoisotopic (exact) mass is 554 g/mol. The first-order valence-corrected chi connectivity index (χ1v) is 14.7. The summed E-state index contributed by atoms with van der Waals surface area (Å²) in [4.78, 5) is 22.6. The second kappa shape index (κ2) is 9.85. The summed E-state index contributed by atoms with van der Waals surface area (Å²) in [5, 5.41) is 14.3. The third-order valence-electron chi connectivity index (χ3n) is 8.18. The molecule has 2 fully saturated rings. The Morgan fingerprint density at radius 2 is 2.03 bits per heavy atom. The number of ether oxygens (including phenoxy) is 1. The number of pyridine rings is 1. The van der Waals surface area contributed by atoms with Gasteiger partial charge >= 0.3 is 0 Å². The Bertz CT molecular complexity index is 1560. The van der Waals surface area contributed by atoms with E-state index in [1.54, 1.807) is 24.5 Å². The van der Waals surface area contributed by atoms with Crippen LogP contribution >= 0.6 is 11.3 Å². The molecule has 2 aromatic carbocycles. The van der Waals surface area contributed by atoms with Gasteiger partial charge < -0.3 is 20.1 Å². The van der Waals surface area contributed by atoms with Crippen molar-refractivity contribution in [1.29, 1.82) is 0 Å². The molecule has 1 saturated heterocycles. The second-order valence-corrected chi connectivity index (χ2v) is 13.0. The van der Waals surface area contributed by atoms with E-state index in [1.165, 1.54) is 0 Å². The Morgan fingerprint density at radius 3 is 2.69 bits per heavy atom. The molecule has 0 spiro atoms. The number of aromatic nitrogens is 1. The molecule has 3 radical (unpaired) electrons. The van der Waals surface area contributed by atoms with Gasteiger partial charge in [-0.1, -0.05) is 12.1 Å². The van der Waals surface area contributed by atoms with Crippen LogP contribution in [0, 0.1) is 6.92 Å². The average Bonchev–Trinajstić information content (AvgIpc) is 3.53. The topological polar surface area (TPSA) is 74.7 Å². The maximum Gasteiger partial charge on any atom is 0.252 e. The van der Waals surface area contributed by atoms with Crippen LogP contribution in [0.15, 0.2) is 60.8 Å². The molecule has 6 rings (SSSR count). The minimum absolute atomic E-state index is 0.0979. The highest BCUT2D eigenvalue weighted by molar-refractivity contribution is 7.15. The number of carbonyl (C=O) groups is 1. The van der Waals surface area contributed by atoms with Crippen molar-refractivity contribution >= 4 is 38.4 Å². The number of nitrogens with zero attached hydrogens (tertiary/aromatic N) is 2. The lowest BCUT2D eigenvalue weighted by molar-refractivity contribution is 0.0408. The zero-order chi connectivity index (χ0) is 27.4. The maximum atomic E-state index is 13.7. The molecule has 1 saturated carbocycles. The summed E-state index contributed by atoms with van der Waals surface area (Å²) >= 11 is 1.58. The number of fused-ring (bicyclic) bond motifs is 1. The van der Waals surface area contributed by atoms with Crippen LogP contribution in [0.4, 0.5) is 0 Å². The van der Waals surface area contributed by atoms with Crippen molar-refractivity contribution in [1.82, 2.24) is 15.2 Å². The van der Waals surface area contributed by atoms with Crippen molar-refractivity contribution < 1.29 is 14.6 Å². The molecule has 8 heteroatoms. The molecule has 2 aliphatic rings. The third kappa shape index (κ3) is 4.91. The largest absolute Gasteiger partial charge is 0.492 e. The first-order chi connectivity index (χ1) is 18.7. The van der Waals surface area contributed by atoms with E-state index in [0.717, 1.165) is 63.2 Å². The number of rotatable bonds is 8. The maximum absolute atomic E-state index is 13.7. The number of benzene rings is 2. The van der Waals surface area contributed by atoms with E-state index in [4.69, 9.17) is 4.74 Å². The summed E-state index contributed by atoms with van der Waals surface area (Å²) in [5.41, 5.74) is 4.12. The number of amides is 1. The van der Waals surface area contributed by atoms with Gasteiger partial charge in [-0.05, 0) is 106 Å². The van der Waals surface area contributed by atoms with Gasteiger partial charge in [-0.3, -0.25) is 9.78 Å². The number of thiophene rings is 1. The zero-order valence-electron chi connectivity index (χ0n) is 22.5. The van der Waals surface area contributed by atoms with Gasteiger partial charge in [0.2, 0.25) is 0 Å². The Balaban J connectivity index is 1.29. The highest BCUT2D eigenvalue weighted by Gasteiger charge is 2.47. The Labute approximate surface area is 236 Å². The molecule has 2 aromatic heterocycles. The Morgan fingerprint density at radius 1 is 1.21 bits per heavy atom. The number of aliphatic hydroxyl groups is 1. The van der Waals surface area contributed by atoms with E-state index in [0.29, 0.717) is 17.9 Å². The molecule has 1 aliphatic heterocycles. The summed E-state index contributed by atoms with van der Waals surface area (Å²) < 4.78 is 6.11. The predicted molar refractivity (Wildman–Crippen MR) is 156 cm³/mol. The quantitative estimate of drug-likeness (QED) is 0.288. The molecule has 2 atom stereocenters. The van der Waals surface area contributed by atoms with Crippen molar-refractivity contribution in [3.05, 3.63) is 82.4 Å². The van der Waals surface area contributed by atoms with Crippen molar-refractivity contribution in [3.8, 4) is 16.2 Å². The van der Waals surface area contributed by atoms with E-state index >= 15 is 0 Å². The molecule has 0 bridgehead atoms. The second-order valence-electron chi connectivity index (χ2n) is 11.0. The van der Waals surface area contributed by atoms with Gasteiger partial charge in [0.1, 0.15) is 12.4 Å². The van der Waals surface area contributed by atoms with Crippen LogP contribution in [0.25, 0.3) is 21.3 Å². The first kappa shape index (κ1) is 26.2. The highest BCUT2D eigenvalue weighted by atomic mass is 32.1. The van der Waals surface area contributed by atoms with Gasteiger partial charge in [0.25, 0.3) is 5.91 Å². The third-order valence-corrected chi connectivity index (χ3v) is 10.3. The summed E-state index contributed by atoms with van der Waals surface area (Å²) in [6.45, 7) is 5.29. The Kier molecular flexibility index (Phi) is 6.62. The van der Waals surface area contributed by atoms with Crippen LogP contribution in [0.2, 0.25) is 0 Å². The number of aryl methyl sites for hydroxylation is 1. The zero-order valence-corrected chi connectivity index (χ0v) is 24.3. The van der Waals surface area contributed by atoms with Crippen molar-refractivity contribution in [2.45, 2.75) is 49.9 Å². The molecule has 39 heavy (non-hydrogen) atoms. The normalized spacial score (nSPS) is 20.8. The smallest absolute Gasteiger partial charge is 0.252 e. The van der Waals surface area contributed by atoms with Crippen LogP contribution in [0.3, 0.4) is 0 Å². The van der Waals surface area contributed by atoms with Crippen LogP contribution in [0.1, 0.15) is 58.7 Å². The van der Waals surface area contributed by atoms with E-state index in [1.807, 2.05) is 43.3 Å². The van der Waals surface area contributed by atoms with Crippen molar-refractivity contribution in [2.75, 3.05) is 20.2 Å². The number of carbonyl (C=O) groups excluding carboxylic acids is 1. The molecule has 4 aromatic rings. The van der Waals surface area contributed by atoms with Gasteiger partial charge in [0.05, 0.1) is 27.4 Å². The molecular weight excluding hydrogens is 523 g/mol.